The third kappa shape index (κ3) is 4.51. The van der Waals surface area contributed by atoms with Crippen molar-refractivity contribution in [1.29, 1.82) is 0 Å². The smallest absolute Gasteiger partial charge is 0.320 e. The number of carbonyl (C=O) groups excluding carboxylic acids is 1. The fourth-order valence-electron chi connectivity index (χ4n) is 2.60. The highest BCUT2D eigenvalue weighted by molar-refractivity contribution is 7.91. The molecule has 128 valence electrons. The van der Waals surface area contributed by atoms with Crippen LogP contribution in [-0.2, 0) is 9.84 Å². The number of hydrogen-bond acceptors (Lipinski definition) is 5. The Morgan fingerprint density at radius 2 is 2.04 bits per heavy atom. The number of sulfone groups is 1. The molecule has 1 saturated heterocycles. The van der Waals surface area contributed by atoms with Gasteiger partial charge in [0.05, 0.1) is 18.6 Å². The van der Waals surface area contributed by atoms with E-state index < -0.39 is 9.84 Å². The van der Waals surface area contributed by atoms with E-state index in [9.17, 15) is 13.2 Å². The van der Waals surface area contributed by atoms with Crippen LogP contribution in [0.4, 0.5) is 4.79 Å². The van der Waals surface area contributed by atoms with Crippen LogP contribution >= 0.6 is 0 Å². The number of carbonyl (C=O) groups is 1. The van der Waals surface area contributed by atoms with Crippen molar-refractivity contribution >= 4 is 15.9 Å². The predicted octanol–water partition coefficient (Wildman–Crippen LogP) is 1.25. The van der Waals surface area contributed by atoms with Gasteiger partial charge in [-0.2, -0.15) is 0 Å². The molecule has 1 heterocycles. The maximum Gasteiger partial charge on any atom is 0.320 e. The highest BCUT2D eigenvalue weighted by Crippen LogP contribution is 2.25. The van der Waals surface area contributed by atoms with Crippen LogP contribution in [0.25, 0.3) is 0 Å². The first-order chi connectivity index (χ1) is 11.0. The van der Waals surface area contributed by atoms with Crippen molar-refractivity contribution in [2.24, 2.45) is 0 Å². The molecule has 2 amide bonds. The first kappa shape index (κ1) is 17.4. The Morgan fingerprint density at radius 3 is 2.61 bits per heavy atom. The van der Waals surface area contributed by atoms with Crippen LogP contribution in [0.3, 0.4) is 0 Å². The molecular formula is C15H22N2O5S. The van der Waals surface area contributed by atoms with Crippen LogP contribution in [0, 0.1) is 0 Å². The lowest BCUT2D eigenvalue weighted by Gasteiger charge is -2.27. The summed E-state index contributed by atoms with van der Waals surface area (Å²) in [6.07, 6.45) is 0.483. The van der Waals surface area contributed by atoms with Gasteiger partial charge in [0, 0.05) is 12.6 Å². The zero-order valence-electron chi connectivity index (χ0n) is 13.3. The van der Waals surface area contributed by atoms with Crippen molar-refractivity contribution < 1.29 is 22.7 Å². The van der Waals surface area contributed by atoms with Gasteiger partial charge in [-0.25, -0.2) is 13.2 Å². The van der Waals surface area contributed by atoms with Gasteiger partial charge in [-0.1, -0.05) is 12.1 Å². The maximum atomic E-state index is 12.2. The third-order valence-corrected chi connectivity index (χ3v) is 5.52. The Kier molecular flexibility index (Phi) is 5.70. The molecule has 0 saturated carbocycles. The Morgan fingerprint density at radius 1 is 1.35 bits per heavy atom. The summed E-state index contributed by atoms with van der Waals surface area (Å²) in [5.74, 6) is 1.28. The van der Waals surface area contributed by atoms with E-state index in [1.165, 1.54) is 4.90 Å². The van der Waals surface area contributed by atoms with Crippen LogP contribution in [0.5, 0.6) is 11.5 Å². The zero-order valence-corrected chi connectivity index (χ0v) is 14.1. The molecule has 23 heavy (non-hydrogen) atoms. The second kappa shape index (κ2) is 7.54. The van der Waals surface area contributed by atoms with Crippen LogP contribution in [0.15, 0.2) is 24.3 Å². The molecule has 7 nitrogen and oxygen atoms in total. The maximum absolute atomic E-state index is 12.2. The molecule has 0 bridgehead atoms. The molecular weight excluding hydrogens is 320 g/mol. The molecule has 0 aromatic heterocycles. The van der Waals surface area contributed by atoms with Crippen molar-refractivity contribution in [3.63, 3.8) is 0 Å². The summed E-state index contributed by atoms with van der Waals surface area (Å²) >= 11 is 0. The number of urea groups is 1. The summed E-state index contributed by atoms with van der Waals surface area (Å²) < 4.78 is 33.8. The summed E-state index contributed by atoms with van der Waals surface area (Å²) in [7, 11) is -1.48. The topological polar surface area (TPSA) is 84.9 Å². The minimum absolute atomic E-state index is 0.0187. The summed E-state index contributed by atoms with van der Waals surface area (Å²) in [6, 6.07) is 6.54. The van der Waals surface area contributed by atoms with E-state index in [2.05, 4.69) is 5.32 Å². The minimum Gasteiger partial charge on any atom is -0.493 e. The highest BCUT2D eigenvalue weighted by Gasteiger charge is 2.33. The predicted molar refractivity (Wildman–Crippen MR) is 86.5 cm³/mol. The second-order valence-corrected chi connectivity index (χ2v) is 7.49. The fraction of sp³-hybridized carbons (Fsp3) is 0.533. The number of rotatable bonds is 6. The molecule has 0 aliphatic carbocycles. The number of benzene rings is 1. The van der Waals surface area contributed by atoms with Crippen LogP contribution in [-0.4, -0.2) is 57.3 Å². The van der Waals surface area contributed by atoms with E-state index in [0.717, 1.165) is 0 Å². The summed E-state index contributed by atoms with van der Waals surface area (Å²) in [5, 5.41) is 2.65. The fourth-order valence-corrected chi connectivity index (χ4v) is 4.33. The molecule has 1 N–H and O–H groups in total. The molecule has 1 aliphatic heterocycles. The Bertz CT molecular complexity index is 647. The van der Waals surface area contributed by atoms with Crippen molar-refractivity contribution in [3.8, 4) is 11.5 Å². The number of amides is 2. The van der Waals surface area contributed by atoms with E-state index >= 15 is 0 Å². The molecule has 1 aliphatic rings. The molecule has 1 aromatic rings. The second-order valence-electron chi connectivity index (χ2n) is 5.26. The molecule has 1 unspecified atom stereocenters. The molecule has 2 rings (SSSR count). The van der Waals surface area contributed by atoms with E-state index in [-0.39, 0.29) is 30.3 Å². The highest BCUT2D eigenvalue weighted by atomic mass is 32.2. The molecule has 1 aromatic carbocycles. The monoisotopic (exact) mass is 342 g/mol. The lowest BCUT2D eigenvalue weighted by Crippen LogP contribution is -2.47. The molecule has 0 radical (unpaired) electrons. The van der Waals surface area contributed by atoms with Gasteiger partial charge in [-0.05, 0) is 25.5 Å². The molecule has 1 atom stereocenters. The van der Waals surface area contributed by atoms with Gasteiger partial charge in [0.25, 0.3) is 0 Å². The number of para-hydroxylation sites is 2. The number of nitrogens with one attached hydrogen (secondary N) is 1. The lowest BCUT2D eigenvalue weighted by atomic mass is 10.2. The average molecular weight is 342 g/mol. The largest absolute Gasteiger partial charge is 0.493 e. The first-order valence-corrected chi connectivity index (χ1v) is 9.29. The number of ether oxygens (including phenoxy) is 2. The van der Waals surface area contributed by atoms with Gasteiger partial charge in [-0.15, -0.1) is 0 Å². The van der Waals surface area contributed by atoms with Crippen molar-refractivity contribution in [2.75, 3.05) is 31.9 Å². The van der Waals surface area contributed by atoms with E-state index in [1.54, 1.807) is 25.3 Å². The van der Waals surface area contributed by atoms with Crippen molar-refractivity contribution in [2.45, 2.75) is 19.4 Å². The van der Waals surface area contributed by atoms with Gasteiger partial charge in [0.2, 0.25) is 0 Å². The average Bonchev–Trinajstić information content (AvgIpc) is 2.88. The van der Waals surface area contributed by atoms with E-state index in [0.29, 0.717) is 24.5 Å². The molecule has 0 spiro atoms. The quantitative estimate of drug-likeness (QED) is 0.787. The van der Waals surface area contributed by atoms with Gasteiger partial charge < -0.3 is 19.7 Å². The van der Waals surface area contributed by atoms with E-state index in [1.807, 2.05) is 13.0 Å². The van der Waals surface area contributed by atoms with Crippen LogP contribution in [0.1, 0.15) is 13.3 Å². The number of hydrogen-bond donors (Lipinski definition) is 1. The summed E-state index contributed by atoms with van der Waals surface area (Å²) in [6.45, 7) is 2.25. The number of methoxy groups -OCH3 is 1. The normalized spacial score (nSPS) is 19.1. The van der Waals surface area contributed by atoms with E-state index in [4.69, 9.17) is 9.47 Å². The van der Waals surface area contributed by atoms with Gasteiger partial charge in [0.1, 0.15) is 0 Å². The Hall–Kier alpha value is -1.96. The molecule has 8 heteroatoms. The third-order valence-electron chi connectivity index (χ3n) is 3.77. The van der Waals surface area contributed by atoms with Crippen LogP contribution < -0.4 is 14.8 Å². The first-order valence-electron chi connectivity index (χ1n) is 7.47. The SMILES string of the molecule is CCN(C(=O)NCOc1ccccc1OC)C1CCS(=O)(=O)C1. The molecule has 1 fully saturated rings. The number of nitrogens with zero attached hydrogens (tertiary/aromatic N) is 1. The lowest BCUT2D eigenvalue weighted by molar-refractivity contribution is 0.171. The zero-order chi connectivity index (χ0) is 16.9. The van der Waals surface area contributed by atoms with Crippen molar-refractivity contribution in [1.82, 2.24) is 10.2 Å². The van der Waals surface area contributed by atoms with Crippen LogP contribution in [0.2, 0.25) is 0 Å². The minimum atomic E-state index is -3.03. The Labute approximate surface area is 136 Å². The Balaban J connectivity index is 1.88. The summed E-state index contributed by atoms with van der Waals surface area (Å²) in [4.78, 5) is 13.8. The van der Waals surface area contributed by atoms with Gasteiger partial charge in [0.15, 0.2) is 28.1 Å². The summed E-state index contributed by atoms with van der Waals surface area (Å²) in [5.41, 5.74) is 0. The van der Waals surface area contributed by atoms with Crippen molar-refractivity contribution in [3.05, 3.63) is 24.3 Å². The standard InChI is InChI=1S/C15H22N2O5S/c1-3-17(12-8-9-23(19,20)10-12)15(18)16-11-22-14-7-5-4-6-13(14)21-2/h4-7,12H,3,8-11H2,1-2H3,(H,16,18). The van der Waals surface area contributed by atoms with Gasteiger partial charge >= 0.3 is 6.03 Å². The van der Waals surface area contributed by atoms with Gasteiger partial charge in [-0.3, -0.25) is 0 Å².